The van der Waals surface area contributed by atoms with Gasteiger partial charge in [-0.3, -0.25) is 4.79 Å². The molecule has 30 heavy (non-hydrogen) atoms. The highest BCUT2D eigenvalue weighted by atomic mass is 127. The highest BCUT2D eigenvalue weighted by Gasteiger charge is 2.35. The van der Waals surface area contributed by atoms with E-state index in [-0.39, 0.29) is 41.2 Å². The van der Waals surface area contributed by atoms with Crippen LogP contribution in [0.5, 0.6) is 23.0 Å². The number of fused-ring (bicyclic) bond motifs is 3. The molecule has 1 aliphatic carbocycles. The lowest BCUT2D eigenvalue weighted by Gasteiger charge is -2.34. The molecule has 0 heterocycles. The molecule has 0 aliphatic heterocycles. The number of rotatable bonds is 4. The van der Waals surface area contributed by atoms with Crippen molar-refractivity contribution < 1.29 is 47.8 Å². The van der Waals surface area contributed by atoms with Crippen molar-refractivity contribution in [2.75, 3.05) is 42.5 Å². The number of methoxy groups -OCH3 is 3. The molecule has 7 heteroatoms. The maximum Gasteiger partial charge on any atom is 0.220 e. The topological polar surface area (TPSA) is 65.0 Å². The Labute approximate surface area is 195 Å². The summed E-state index contributed by atoms with van der Waals surface area (Å²) >= 11 is 0. The van der Waals surface area contributed by atoms with Crippen molar-refractivity contribution in [3.05, 3.63) is 45.1 Å². The monoisotopic (exact) mass is 527 g/mol. The van der Waals surface area contributed by atoms with Gasteiger partial charge in [-0.25, -0.2) is 0 Å². The summed E-state index contributed by atoms with van der Waals surface area (Å²) < 4.78 is 17.8. The van der Waals surface area contributed by atoms with Crippen molar-refractivity contribution in [1.29, 1.82) is 0 Å². The van der Waals surface area contributed by atoms with Crippen molar-refractivity contribution in [1.82, 2.24) is 0 Å². The average Bonchev–Trinajstić information content (AvgIpc) is 2.91. The standard InChI is InChI=1S/C23H29NO5.HI/c1-13-14-8-10-17(24(2,3)4)16-12-19(26)18(25)11-9-15(16)20(14)22(28-6)23(29-7)21(13)27-5;/h9,11-12,17H,8,10H2,1-7H3;1H/t17-;/m0./s1. The number of nitrogens with zero attached hydrogens (tertiary/aromatic N) is 1. The lowest BCUT2D eigenvalue weighted by molar-refractivity contribution is -0.902. The molecule has 1 aliphatic rings. The molecule has 0 saturated carbocycles. The minimum absolute atomic E-state index is 0. The Kier molecular flexibility index (Phi) is 7.29. The Morgan fingerprint density at radius 2 is 1.60 bits per heavy atom. The first-order chi connectivity index (χ1) is 13.6. The van der Waals surface area contributed by atoms with E-state index in [4.69, 9.17) is 14.2 Å². The number of aromatic hydroxyl groups is 1. The van der Waals surface area contributed by atoms with Gasteiger partial charge in [-0.1, -0.05) is 0 Å². The maximum absolute atomic E-state index is 12.5. The second-order valence-electron chi connectivity index (χ2n) is 8.35. The van der Waals surface area contributed by atoms with Crippen molar-refractivity contribution in [3.8, 4) is 34.1 Å². The van der Waals surface area contributed by atoms with Crippen LogP contribution in [0.25, 0.3) is 11.1 Å². The molecular formula is C23H30INO5. The summed E-state index contributed by atoms with van der Waals surface area (Å²) in [4.78, 5) is 12.5. The zero-order valence-electron chi connectivity index (χ0n) is 18.6. The fourth-order valence-electron chi connectivity index (χ4n) is 4.45. The first kappa shape index (κ1) is 24.3. The largest absolute Gasteiger partial charge is 1.00 e. The number of hydrogen-bond donors (Lipinski definition) is 1. The third-order valence-electron chi connectivity index (χ3n) is 5.84. The third kappa shape index (κ3) is 3.97. The Morgan fingerprint density at radius 3 is 2.13 bits per heavy atom. The van der Waals surface area contributed by atoms with Gasteiger partial charge in [0.2, 0.25) is 11.2 Å². The fourth-order valence-corrected chi connectivity index (χ4v) is 4.45. The van der Waals surface area contributed by atoms with Crippen LogP contribution in [0.4, 0.5) is 0 Å². The van der Waals surface area contributed by atoms with E-state index in [1.807, 2.05) is 13.0 Å². The second-order valence-corrected chi connectivity index (χ2v) is 8.35. The van der Waals surface area contributed by atoms with Crippen molar-refractivity contribution in [2.24, 2.45) is 0 Å². The van der Waals surface area contributed by atoms with Crippen LogP contribution >= 0.6 is 0 Å². The van der Waals surface area contributed by atoms with Crippen molar-refractivity contribution >= 4 is 0 Å². The van der Waals surface area contributed by atoms with E-state index in [0.29, 0.717) is 21.7 Å². The van der Waals surface area contributed by atoms with Crippen LogP contribution in [-0.2, 0) is 6.42 Å². The van der Waals surface area contributed by atoms with E-state index < -0.39 is 0 Å². The molecule has 0 aromatic heterocycles. The molecule has 0 unspecified atom stereocenters. The molecule has 164 valence electrons. The highest BCUT2D eigenvalue weighted by Crippen LogP contribution is 2.53. The molecule has 6 nitrogen and oxygen atoms in total. The summed E-state index contributed by atoms with van der Waals surface area (Å²) in [6.07, 6.45) is 1.64. The van der Waals surface area contributed by atoms with Crippen molar-refractivity contribution in [2.45, 2.75) is 25.8 Å². The Hall–Kier alpha value is -2.00. The first-order valence-electron chi connectivity index (χ1n) is 9.65. The quantitative estimate of drug-likeness (QED) is 0.463. The lowest BCUT2D eigenvalue weighted by atomic mass is 9.92. The number of quaternary nitrogens is 1. The molecule has 0 saturated heterocycles. The lowest BCUT2D eigenvalue weighted by Crippen LogP contribution is -3.00. The second kappa shape index (κ2) is 9.01. The smallest absolute Gasteiger partial charge is 0.220 e. The minimum atomic E-state index is -0.385. The summed E-state index contributed by atoms with van der Waals surface area (Å²) in [6, 6.07) is 4.92. The Morgan fingerprint density at radius 1 is 1.00 bits per heavy atom. The molecular weight excluding hydrogens is 497 g/mol. The zero-order valence-corrected chi connectivity index (χ0v) is 20.8. The van der Waals surface area contributed by atoms with E-state index >= 15 is 0 Å². The third-order valence-corrected chi connectivity index (χ3v) is 5.84. The summed E-state index contributed by atoms with van der Waals surface area (Å²) in [6.45, 7) is 2.02. The Balaban J connectivity index is 0.00000320. The highest BCUT2D eigenvalue weighted by molar-refractivity contribution is 5.84. The fraction of sp³-hybridized carbons (Fsp3) is 0.435. The van der Waals surface area contributed by atoms with Gasteiger partial charge in [-0.2, -0.15) is 0 Å². The number of benzene rings is 1. The van der Waals surface area contributed by atoms with Crippen LogP contribution in [0.1, 0.15) is 29.2 Å². The van der Waals surface area contributed by atoms with E-state index in [2.05, 4.69) is 21.1 Å². The zero-order chi connectivity index (χ0) is 21.5. The van der Waals surface area contributed by atoms with Gasteiger partial charge in [-0.15, -0.1) is 0 Å². The maximum atomic E-state index is 12.5. The molecule has 0 bridgehead atoms. The van der Waals surface area contributed by atoms with Gasteiger partial charge in [0.25, 0.3) is 0 Å². The predicted molar refractivity (Wildman–Crippen MR) is 113 cm³/mol. The predicted octanol–water partition coefficient (Wildman–Crippen LogP) is 0.451. The Bertz CT molecular complexity index is 1010. The van der Waals surface area contributed by atoms with Crippen LogP contribution in [0.2, 0.25) is 0 Å². The number of ether oxygens (including phenoxy) is 3. The van der Waals surface area contributed by atoms with Gasteiger partial charge >= 0.3 is 0 Å². The molecule has 0 amide bonds. The van der Waals surface area contributed by atoms with E-state index in [1.165, 1.54) is 6.07 Å². The van der Waals surface area contributed by atoms with E-state index in [9.17, 15) is 9.90 Å². The minimum Gasteiger partial charge on any atom is -1.00 e. The summed E-state index contributed by atoms with van der Waals surface area (Å²) in [7, 11) is 11.2. The molecule has 1 atom stereocenters. The molecule has 2 aromatic carbocycles. The van der Waals surface area contributed by atoms with E-state index in [1.54, 1.807) is 27.4 Å². The van der Waals surface area contributed by atoms with Crippen LogP contribution in [0, 0.1) is 6.92 Å². The SMILES string of the molecule is COc1c(C)c2c(c(OC)c1OC)-c1ccc(O)c(=O)cc1[C@@H]([N+](C)(C)C)CC2.[I-]. The van der Waals surface area contributed by atoms with Gasteiger partial charge < -0.3 is 47.8 Å². The van der Waals surface area contributed by atoms with Gasteiger partial charge in [-0.05, 0) is 48.2 Å². The van der Waals surface area contributed by atoms with Gasteiger partial charge in [0.05, 0.1) is 42.5 Å². The van der Waals surface area contributed by atoms with Crippen LogP contribution in [0.3, 0.4) is 0 Å². The van der Waals surface area contributed by atoms with E-state index in [0.717, 1.165) is 40.7 Å². The first-order valence-corrected chi connectivity index (χ1v) is 9.65. The molecule has 0 fully saturated rings. The van der Waals surface area contributed by atoms with Crippen molar-refractivity contribution in [3.63, 3.8) is 0 Å². The van der Waals surface area contributed by atoms with Crippen LogP contribution in [-0.4, -0.2) is 52.1 Å². The molecule has 0 radical (unpaired) electrons. The molecule has 3 rings (SSSR count). The molecule has 2 aromatic rings. The van der Waals surface area contributed by atoms with Crippen LogP contribution < -0.4 is 43.6 Å². The summed E-state index contributed by atoms with van der Waals surface area (Å²) in [5.41, 5.74) is 4.37. The average molecular weight is 527 g/mol. The van der Waals surface area contributed by atoms with Crippen LogP contribution in [0.15, 0.2) is 23.0 Å². The van der Waals surface area contributed by atoms with Gasteiger partial charge in [0.1, 0.15) is 6.04 Å². The number of halogens is 1. The molecule has 1 N–H and O–H groups in total. The summed E-state index contributed by atoms with van der Waals surface area (Å²) in [5.74, 6) is 1.49. The molecule has 0 spiro atoms. The normalized spacial score (nSPS) is 15.2. The summed E-state index contributed by atoms with van der Waals surface area (Å²) in [5, 5.41) is 10.1. The van der Waals surface area contributed by atoms with Gasteiger partial charge in [0, 0.05) is 17.5 Å². The number of hydrogen-bond acceptors (Lipinski definition) is 5. The van der Waals surface area contributed by atoms with Gasteiger partial charge in [0.15, 0.2) is 17.2 Å².